The molecule has 0 aliphatic rings. The van der Waals surface area contributed by atoms with Gasteiger partial charge in [0.25, 0.3) is 0 Å². The topological polar surface area (TPSA) is 39.2 Å². The molecule has 1 heterocycles. The first-order valence-electron chi connectivity index (χ1n) is 5.56. The summed E-state index contributed by atoms with van der Waals surface area (Å²) >= 11 is 5.99. The highest BCUT2D eigenvalue weighted by molar-refractivity contribution is 6.32. The molecule has 0 radical (unpaired) electrons. The van der Waals surface area contributed by atoms with Crippen molar-refractivity contribution in [3.8, 4) is 5.75 Å². The Bertz CT molecular complexity index is 529. The van der Waals surface area contributed by atoms with Crippen molar-refractivity contribution in [3.05, 3.63) is 58.9 Å². The monoisotopic (exact) mass is 261 g/mol. The summed E-state index contributed by atoms with van der Waals surface area (Å²) < 4.78 is 5.56. The molecule has 2 rings (SSSR count). The molecule has 3 nitrogen and oxygen atoms in total. The van der Waals surface area contributed by atoms with Gasteiger partial charge >= 0.3 is 0 Å². The van der Waals surface area contributed by atoms with E-state index in [-0.39, 0.29) is 0 Å². The lowest BCUT2D eigenvalue weighted by Gasteiger charge is -2.08. The van der Waals surface area contributed by atoms with Gasteiger partial charge in [-0.1, -0.05) is 17.7 Å². The minimum Gasteiger partial charge on any atom is -0.492 e. The van der Waals surface area contributed by atoms with Crippen LogP contribution in [0.1, 0.15) is 15.9 Å². The number of hydrogen-bond acceptors (Lipinski definition) is 3. The summed E-state index contributed by atoms with van der Waals surface area (Å²) in [5.74, 6) is 0.589. The molecule has 0 atom stereocenters. The van der Waals surface area contributed by atoms with Gasteiger partial charge in [-0.3, -0.25) is 9.78 Å². The number of pyridine rings is 1. The fourth-order valence-electron chi connectivity index (χ4n) is 1.53. The normalized spacial score (nSPS) is 10.1. The van der Waals surface area contributed by atoms with Crippen LogP contribution in [0.3, 0.4) is 0 Å². The molecular weight excluding hydrogens is 250 g/mol. The predicted molar refractivity (Wildman–Crippen MR) is 70.3 cm³/mol. The standard InChI is InChI=1S/C14H12ClNO2/c15-13-8-12(10-17)3-4-14(13)18-7-5-11-2-1-6-16-9-11/h1-4,6,8-10H,5,7H2. The van der Waals surface area contributed by atoms with Crippen molar-refractivity contribution in [3.63, 3.8) is 0 Å². The number of nitrogens with zero attached hydrogens (tertiary/aromatic N) is 1. The summed E-state index contributed by atoms with van der Waals surface area (Å²) in [5, 5.41) is 0.450. The van der Waals surface area contributed by atoms with Crippen LogP contribution < -0.4 is 4.74 Å². The highest BCUT2D eigenvalue weighted by Crippen LogP contribution is 2.24. The first-order valence-corrected chi connectivity index (χ1v) is 5.94. The van der Waals surface area contributed by atoms with Gasteiger partial charge in [0.1, 0.15) is 12.0 Å². The lowest BCUT2D eigenvalue weighted by molar-refractivity contribution is 0.112. The summed E-state index contributed by atoms with van der Waals surface area (Å²) in [5.41, 5.74) is 1.65. The molecule has 0 aliphatic heterocycles. The van der Waals surface area contributed by atoms with Crippen LogP contribution in [0.15, 0.2) is 42.7 Å². The molecule has 0 amide bonds. The Morgan fingerprint density at radius 2 is 2.22 bits per heavy atom. The van der Waals surface area contributed by atoms with Crippen LogP contribution >= 0.6 is 11.6 Å². The average molecular weight is 262 g/mol. The highest BCUT2D eigenvalue weighted by Gasteiger charge is 2.03. The van der Waals surface area contributed by atoms with Crippen LogP contribution in [-0.4, -0.2) is 17.9 Å². The molecule has 0 bridgehead atoms. The fraction of sp³-hybridized carbons (Fsp3) is 0.143. The SMILES string of the molecule is O=Cc1ccc(OCCc2cccnc2)c(Cl)c1. The first kappa shape index (κ1) is 12.6. The van der Waals surface area contributed by atoms with Crippen molar-refractivity contribution >= 4 is 17.9 Å². The Morgan fingerprint density at radius 3 is 2.89 bits per heavy atom. The second-order valence-corrected chi connectivity index (χ2v) is 4.17. The van der Waals surface area contributed by atoms with Crippen LogP contribution in [0.5, 0.6) is 5.75 Å². The Hall–Kier alpha value is -1.87. The third-order valence-corrected chi connectivity index (χ3v) is 2.76. The molecule has 0 saturated heterocycles. The molecule has 0 saturated carbocycles. The number of ether oxygens (including phenoxy) is 1. The van der Waals surface area contributed by atoms with Crippen molar-refractivity contribution in [2.75, 3.05) is 6.61 Å². The fourth-order valence-corrected chi connectivity index (χ4v) is 1.78. The van der Waals surface area contributed by atoms with E-state index < -0.39 is 0 Å². The molecule has 92 valence electrons. The van der Waals surface area contributed by atoms with Crippen LogP contribution in [0.25, 0.3) is 0 Å². The van der Waals surface area contributed by atoms with Crippen molar-refractivity contribution in [1.29, 1.82) is 0 Å². The van der Waals surface area contributed by atoms with Gasteiger partial charge in [0, 0.05) is 24.4 Å². The predicted octanol–water partition coefficient (Wildman–Crippen LogP) is 3.17. The first-order chi connectivity index (χ1) is 8.79. The molecule has 0 unspecified atom stereocenters. The summed E-state index contributed by atoms with van der Waals surface area (Å²) in [4.78, 5) is 14.6. The number of aldehydes is 1. The van der Waals surface area contributed by atoms with Gasteiger partial charge in [0.15, 0.2) is 0 Å². The number of rotatable bonds is 5. The minimum absolute atomic E-state index is 0.450. The maximum absolute atomic E-state index is 10.6. The number of benzene rings is 1. The molecule has 1 aromatic heterocycles. The van der Waals surface area contributed by atoms with E-state index in [4.69, 9.17) is 16.3 Å². The number of hydrogen-bond donors (Lipinski definition) is 0. The van der Waals surface area contributed by atoms with Gasteiger partial charge in [-0.2, -0.15) is 0 Å². The largest absolute Gasteiger partial charge is 0.492 e. The van der Waals surface area contributed by atoms with Crippen LogP contribution in [0, 0.1) is 0 Å². The zero-order chi connectivity index (χ0) is 12.8. The van der Waals surface area contributed by atoms with Crippen LogP contribution in [-0.2, 0) is 6.42 Å². The van der Waals surface area contributed by atoms with Gasteiger partial charge in [-0.05, 0) is 29.8 Å². The van der Waals surface area contributed by atoms with Gasteiger partial charge in [0.2, 0.25) is 0 Å². The van der Waals surface area contributed by atoms with Gasteiger partial charge in [0.05, 0.1) is 11.6 Å². The van der Waals surface area contributed by atoms with E-state index in [0.717, 1.165) is 18.3 Å². The quantitative estimate of drug-likeness (QED) is 0.776. The Balaban J connectivity index is 1.92. The number of carbonyl (C=O) groups is 1. The molecule has 0 spiro atoms. The highest BCUT2D eigenvalue weighted by atomic mass is 35.5. The van der Waals surface area contributed by atoms with E-state index in [1.165, 1.54) is 0 Å². The van der Waals surface area contributed by atoms with Crippen molar-refractivity contribution < 1.29 is 9.53 Å². The Morgan fingerprint density at radius 1 is 1.33 bits per heavy atom. The third kappa shape index (κ3) is 3.31. The number of halogens is 1. The Kier molecular flexibility index (Phi) is 4.31. The molecule has 0 N–H and O–H groups in total. The van der Waals surface area contributed by atoms with E-state index in [9.17, 15) is 4.79 Å². The van der Waals surface area contributed by atoms with E-state index in [1.807, 2.05) is 12.1 Å². The second kappa shape index (κ2) is 6.17. The maximum Gasteiger partial charge on any atom is 0.150 e. The van der Waals surface area contributed by atoms with Gasteiger partial charge in [-0.15, -0.1) is 0 Å². The van der Waals surface area contributed by atoms with Crippen LogP contribution in [0.2, 0.25) is 5.02 Å². The van der Waals surface area contributed by atoms with Crippen molar-refractivity contribution in [2.45, 2.75) is 6.42 Å². The van der Waals surface area contributed by atoms with Crippen LogP contribution in [0.4, 0.5) is 0 Å². The average Bonchev–Trinajstić information content (AvgIpc) is 2.42. The molecule has 0 fully saturated rings. The minimum atomic E-state index is 0.450. The van der Waals surface area contributed by atoms with Crippen molar-refractivity contribution in [1.82, 2.24) is 4.98 Å². The number of aromatic nitrogens is 1. The lowest BCUT2D eigenvalue weighted by atomic mass is 10.2. The summed E-state index contributed by atoms with van der Waals surface area (Å²) in [6.45, 7) is 0.520. The summed E-state index contributed by atoms with van der Waals surface area (Å²) in [7, 11) is 0. The van der Waals surface area contributed by atoms with Gasteiger partial charge in [-0.25, -0.2) is 0 Å². The molecule has 18 heavy (non-hydrogen) atoms. The zero-order valence-electron chi connectivity index (χ0n) is 9.67. The third-order valence-electron chi connectivity index (χ3n) is 2.46. The lowest BCUT2D eigenvalue weighted by Crippen LogP contribution is -2.02. The number of carbonyl (C=O) groups excluding carboxylic acids is 1. The second-order valence-electron chi connectivity index (χ2n) is 3.77. The molecule has 2 aromatic rings. The molecule has 1 aromatic carbocycles. The summed E-state index contributed by atoms with van der Waals surface area (Å²) in [6, 6.07) is 8.86. The van der Waals surface area contributed by atoms with E-state index in [1.54, 1.807) is 30.6 Å². The Labute approximate surface area is 110 Å². The maximum atomic E-state index is 10.6. The van der Waals surface area contributed by atoms with E-state index >= 15 is 0 Å². The molecule has 4 heteroatoms. The van der Waals surface area contributed by atoms with Crippen molar-refractivity contribution in [2.24, 2.45) is 0 Å². The zero-order valence-corrected chi connectivity index (χ0v) is 10.4. The van der Waals surface area contributed by atoms with E-state index in [2.05, 4.69) is 4.98 Å². The molecule has 0 aliphatic carbocycles. The smallest absolute Gasteiger partial charge is 0.150 e. The molecular formula is C14H12ClNO2. The van der Waals surface area contributed by atoms with E-state index in [0.29, 0.717) is 22.9 Å². The summed E-state index contributed by atoms with van der Waals surface area (Å²) in [6.07, 6.45) is 5.06. The van der Waals surface area contributed by atoms with Gasteiger partial charge < -0.3 is 4.74 Å².